The van der Waals surface area contributed by atoms with Gasteiger partial charge in [0.1, 0.15) is 0 Å². The van der Waals surface area contributed by atoms with E-state index in [0.29, 0.717) is 28.4 Å². The second kappa shape index (κ2) is 8.09. The summed E-state index contributed by atoms with van der Waals surface area (Å²) in [5.74, 6) is 0.886. The van der Waals surface area contributed by atoms with Crippen molar-refractivity contribution in [3.63, 3.8) is 0 Å². The Morgan fingerprint density at radius 3 is 2.64 bits per heavy atom. The predicted octanol–water partition coefficient (Wildman–Crippen LogP) is 4.44. The van der Waals surface area contributed by atoms with Crippen molar-refractivity contribution in [1.29, 1.82) is 0 Å². The Hall–Kier alpha value is -2.44. The molecule has 0 unspecified atom stereocenters. The van der Waals surface area contributed by atoms with Crippen LogP contribution in [0, 0.1) is 0 Å². The molecule has 0 saturated carbocycles. The fourth-order valence-electron chi connectivity index (χ4n) is 2.23. The molecular formula is C18H17ClN4OS. The minimum Gasteiger partial charge on any atom is -0.353 e. The summed E-state index contributed by atoms with van der Waals surface area (Å²) < 4.78 is 5.24. The number of benzene rings is 2. The Morgan fingerprint density at radius 2 is 1.92 bits per heavy atom. The molecule has 7 heteroatoms. The molecule has 0 aliphatic carbocycles. The normalized spacial score (nSPS) is 10.5. The predicted molar refractivity (Wildman–Crippen MR) is 104 cm³/mol. The maximum Gasteiger partial charge on any atom is 0.246 e. The van der Waals surface area contributed by atoms with Crippen LogP contribution >= 0.6 is 23.8 Å². The van der Waals surface area contributed by atoms with Crippen molar-refractivity contribution in [2.24, 2.45) is 0 Å². The lowest BCUT2D eigenvalue weighted by Gasteiger charge is -2.09. The van der Waals surface area contributed by atoms with Crippen LogP contribution in [-0.4, -0.2) is 15.3 Å². The summed E-state index contributed by atoms with van der Waals surface area (Å²) in [7, 11) is 0. The van der Waals surface area contributed by atoms with Crippen molar-refractivity contribution in [2.75, 3.05) is 5.32 Å². The molecule has 0 fully saturated rings. The fourth-order valence-corrected chi connectivity index (χ4v) is 2.64. The highest BCUT2D eigenvalue weighted by molar-refractivity contribution is 7.80. The Balaban J connectivity index is 1.56. The van der Waals surface area contributed by atoms with Gasteiger partial charge in [0, 0.05) is 11.3 Å². The molecule has 3 aromatic rings. The summed E-state index contributed by atoms with van der Waals surface area (Å²) in [5, 5.41) is 11.2. The maximum atomic E-state index is 6.14. The van der Waals surface area contributed by atoms with Gasteiger partial charge in [-0.2, -0.15) is 4.98 Å². The van der Waals surface area contributed by atoms with Gasteiger partial charge in [-0.1, -0.05) is 47.9 Å². The molecule has 0 aliphatic rings. The van der Waals surface area contributed by atoms with Crippen LogP contribution in [0.4, 0.5) is 5.69 Å². The monoisotopic (exact) mass is 372 g/mol. The van der Waals surface area contributed by atoms with Gasteiger partial charge < -0.3 is 15.2 Å². The molecule has 0 saturated heterocycles. The largest absolute Gasteiger partial charge is 0.353 e. The minimum absolute atomic E-state index is 0.330. The minimum atomic E-state index is 0.330. The molecule has 0 spiro atoms. The lowest BCUT2D eigenvalue weighted by molar-refractivity contribution is 0.376. The average Bonchev–Trinajstić information content (AvgIpc) is 3.10. The molecule has 0 bridgehead atoms. The number of rotatable bonds is 5. The molecule has 1 heterocycles. The summed E-state index contributed by atoms with van der Waals surface area (Å²) in [6, 6.07) is 15.5. The number of hydrogen-bond acceptors (Lipinski definition) is 4. The third-order valence-electron chi connectivity index (χ3n) is 3.60. The van der Waals surface area contributed by atoms with Crippen LogP contribution in [-0.2, 0) is 13.0 Å². The number of anilines is 1. The number of halogens is 1. The lowest BCUT2D eigenvalue weighted by Crippen LogP contribution is -2.28. The topological polar surface area (TPSA) is 63.0 Å². The average molecular weight is 373 g/mol. The number of aryl methyl sites for hydroxylation is 1. The summed E-state index contributed by atoms with van der Waals surface area (Å²) >= 11 is 11.4. The molecular weight excluding hydrogens is 356 g/mol. The van der Waals surface area contributed by atoms with Crippen LogP contribution in [0.15, 0.2) is 53.1 Å². The molecule has 0 atom stereocenters. The van der Waals surface area contributed by atoms with Gasteiger partial charge >= 0.3 is 0 Å². The Labute approximate surface area is 156 Å². The van der Waals surface area contributed by atoms with Gasteiger partial charge in [0.05, 0.1) is 11.6 Å². The van der Waals surface area contributed by atoms with Gasteiger partial charge in [-0.25, -0.2) is 0 Å². The quantitative estimate of drug-likeness (QED) is 0.645. The van der Waals surface area contributed by atoms with Crippen molar-refractivity contribution in [2.45, 2.75) is 19.9 Å². The van der Waals surface area contributed by atoms with Crippen LogP contribution in [0.1, 0.15) is 18.4 Å². The Bertz CT molecular complexity index is 864. The van der Waals surface area contributed by atoms with Gasteiger partial charge in [-0.05, 0) is 48.5 Å². The molecule has 2 N–H and O–H groups in total. The van der Waals surface area contributed by atoms with Gasteiger partial charge in [0.2, 0.25) is 11.7 Å². The van der Waals surface area contributed by atoms with Crippen molar-refractivity contribution in [1.82, 2.24) is 15.5 Å². The molecule has 1 aromatic heterocycles. The first kappa shape index (κ1) is 17.4. The van der Waals surface area contributed by atoms with E-state index in [9.17, 15) is 0 Å². The maximum absolute atomic E-state index is 6.14. The van der Waals surface area contributed by atoms with Crippen LogP contribution in [0.25, 0.3) is 11.4 Å². The van der Waals surface area contributed by atoms with Gasteiger partial charge in [-0.15, -0.1) is 0 Å². The smallest absolute Gasteiger partial charge is 0.246 e. The molecule has 5 nitrogen and oxygen atoms in total. The van der Waals surface area contributed by atoms with E-state index in [1.54, 1.807) is 6.07 Å². The number of hydrogen-bond donors (Lipinski definition) is 2. The second-order valence-electron chi connectivity index (χ2n) is 5.35. The van der Waals surface area contributed by atoms with E-state index < -0.39 is 0 Å². The van der Waals surface area contributed by atoms with Crippen LogP contribution in [0.2, 0.25) is 5.02 Å². The van der Waals surface area contributed by atoms with Gasteiger partial charge in [0.25, 0.3) is 0 Å². The van der Waals surface area contributed by atoms with E-state index >= 15 is 0 Å². The zero-order valence-electron chi connectivity index (χ0n) is 13.6. The van der Waals surface area contributed by atoms with E-state index in [-0.39, 0.29) is 0 Å². The number of nitrogens with zero attached hydrogens (tertiary/aromatic N) is 2. The van der Waals surface area contributed by atoms with E-state index in [2.05, 4.69) is 39.8 Å². The zero-order chi connectivity index (χ0) is 17.6. The van der Waals surface area contributed by atoms with Crippen LogP contribution in [0.5, 0.6) is 0 Å². The van der Waals surface area contributed by atoms with Gasteiger partial charge in [-0.3, -0.25) is 0 Å². The molecule has 2 aromatic carbocycles. The van der Waals surface area contributed by atoms with E-state index in [0.717, 1.165) is 17.7 Å². The first-order valence-corrected chi connectivity index (χ1v) is 8.65. The number of aromatic nitrogens is 2. The SMILES string of the molecule is CCc1ccc(NC(=S)NCc2nc(-c3ccccc3Cl)no2)cc1. The number of thiocarbonyl (C=S) groups is 1. The lowest BCUT2D eigenvalue weighted by atomic mass is 10.1. The summed E-state index contributed by atoms with van der Waals surface area (Å²) in [5.41, 5.74) is 2.94. The first-order valence-electron chi connectivity index (χ1n) is 7.87. The number of nitrogens with one attached hydrogen (secondary N) is 2. The van der Waals surface area contributed by atoms with Gasteiger partial charge in [0.15, 0.2) is 5.11 Å². The molecule has 128 valence electrons. The zero-order valence-corrected chi connectivity index (χ0v) is 15.2. The standard InChI is InChI=1S/C18H17ClN4OS/c1-2-12-7-9-13(10-8-12)21-18(25)20-11-16-22-17(23-24-16)14-5-3-4-6-15(14)19/h3-10H,2,11H2,1H3,(H2,20,21,25). The molecule has 0 aliphatic heterocycles. The second-order valence-corrected chi connectivity index (χ2v) is 6.17. The van der Waals surface area contributed by atoms with Crippen molar-refractivity contribution < 1.29 is 4.52 Å². The third-order valence-corrected chi connectivity index (χ3v) is 4.18. The molecule has 3 rings (SSSR count). The van der Waals surface area contributed by atoms with E-state index in [4.69, 9.17) is 28.3 Å². The summed E-state index contributed by atoms with van der Waals surface area (Å²) in [6.45, 7) is 2.45. The highest BCUT2D eigenvalue weighted by Gasteiger charge is 2.11. The molecule has 25 heavy (non-hydrogen) atoms. The third kappa shape index (κ3) is 4.55. The summed E-state index contributed by atoms with van der Waals surface area (Å²) in [4.78, 5) is 4.33. The Morgan fingerprint density at radius 1 is 1.16 bits per heavy atom. The summed E-state index contributed by atoms with van der Waals surface area (Å²) in [6.07, 6.45) is 1.01. The Kier molecular flexibility index (Phi) is 5.63. The molecule has 0 amide bonds. The highest BCUT2D eigenvalue weighted by atomic mass is 35.5. The highest BCUT2D eigenvalue weighted by Crippen LogP contribution is 2.24. The fraction of sp³-hybridized carbons (Fsp3) is 0.167. The van der Waals surface area contributed by atoms with Crippen LogP contribution < -0.4 is 10.6 Å². The van der Waals surface area contributed by atoms with Crippen molar-refractivity contribution in [3.05, 3.63) is 65.0 Å². The van der Waals surface area contributed by atoms with E-state index in [1.807, 2.05) is 30.3 Å². The van der Waals surface area contributed by atoms with Crippen molar-refractivity contribution in [3.8, 4) is 11.4 Å². The van der Waals surface area contributed by atoms with Crippen LogP contribution in [0.3, 0.4) is 0 Å². The van der Waals surface area contributed by atoms with E-state index in [1.165, 1.54) is 5.56 Å². The first-order chi connectivity index (χ1) is 12.2. The molecule has 0 radical (unpaired) electrons. The van der Waals surface area contributed by atoms with Crippen molar-refractivity contribution >= 4 is 34.6 Å².